The number of fused-ring (bicyclic) bond motifs is 5. The third kappa shape index (κ3) is 11.3. The van der Waals surface area contributed by atoms with Gasteiger partial charge in [-0.3, -0.25) is 28.8 Å². The van der Waals surface area contributed by atoms with Gasteiger partial charge in [0.25, 0.3) is 5.56 Å². The number of carbonyl (C=O) groups excluding carboxylic acids is 7. The van der Waals surface area contributed by atoms with E-state index in [4.69, 9.17) is 14.5 Å². The maximum Gasteiger partial charge on any atom is 0.408 e. The van der Waals surface area contributed by atoms with Gasteiger partial charge in [-0.2, -0.15) is 0 Å². The molecule has 2 aromatic heterocycles. The summed E-state index contributed by atoms with van der Waals surface area (Å²) in [6.07, 6.45) is 2.08. The van der Waals surface area contributed by atoms with Crippen molar-refractivity contribution >= 4 is 52.5 Å². The maximum absolute atomic E-state index is 15.3. The minimum atomic E-state index is -2.01. The Morgan fingerprint density at radius 1 is 0.914 bits per heavy atom. The van der Waals surface area contributed by atoms with Crippen molar-refractivity contribution < 1.29 is 52.5 Å². The molecule has 4 aromatic rings. The van der Waals surface area contributed by atoms with E-state index in [-0.39, 0.29) is 62.5 Å². The van der Waals surface area contributed by atoms with Gasteiger partial charge in [-0.25, -0.2) is 19.0 Å². The number of unbranched alkanes of at least 4 members (excludes halogenated alkanes) is 2. The van der Waals surface area contributed by atoms with Crippen molar-refractivity contribution in [3.05, 3.63) is 97.6 Å². The zero-order valence-corrected chi connectivity index (χ0v) is 39.9. The minimum absolute atomic E-state index is 0.0186. The average molecular weight is 967 g/mol. The molecule has 70 heavy (non-hydrogen) atoms. The van der Waals surface area contributed by atoms with E-state index in [2.05, 4.69) is 31.9 Å². The number of hydrogen-bond donors (Lipinski definition) is 7. The average Bonchev–Trinajstić information content (AvgIpc) is 3.69. The molecule has 372 valence electrons. The lowest BCUT2D eigenvalue weighted by Gasteiger charge is -2.31. The van der Waals surface area contributed by atoms with Crippen molar-refractivity contribution in [3.8, 4) is 11.4 Å². The molecule has 0 fully saturated rings. The highest BCUT2D eigenvalue weighted by molar-refractivity contribution is 5.95. The molecule has 2 aromatic carbocycles. The number of alkyl carbamates (subject to hydrolysis) is 1. The predicted molar refractivity (Wildman–Crippen MR) is 252 cm³/mol. The number of pyridine rings is 2. The first-order valence-corrected chi connectivity index (χ1v) is 23.5. The van der Waals surface area contributed by atoms with E-state index in [1.165, 1.54) is 10.6 Å². The van der Waals surface area contributed by atoms with E-state index < -0.39 is 83.4 Å². The summed E-state index contributed by atoms with van der Waals surface area (Å²) in [6, 6.07) is 10.3. The second-order valence-corrected chi connectivity index (χ2v) is 18.8. The van der Waals surface area contributed by atoms with Gasteiger partial charge in [-0.15, -0.1) is 0 Å². The third-order valence-electron chi connectivity index (χ3n) is 12.7. The second kappa shape index (κ2) is 21.2. The monoisotopic (exact) mass is 966 g/mol. The van der Waals surface area contributed by atoms with Crippen LogP contribution in [-0.2, 0) is 69.8 Å². The summed E-state index contributed by atoms with van der Waals surface area (Å²) in [6.45, 7) is 7.20. The zero-order chi connectivity index (χ0) is 50.5. The number of amides is 6. The van der Waals surface area contributed by atoms with Crippen LogP contribution >= 0.6 is 0 Å². The van der Waals surface area contributed by atoms with Crippen LogP contribution in [0.1, 0.15) is 111 Å². The van der Waals surface area contributed by atoms with Gasteiger partial charge < -0.3 is 51.0 Å². The lowest BCUT2D eigenvalue weighted by Crippen LogP contribution is -2.52. The SMILES string of the molecule is CC[C@@]1(O)C(=O)OCc2c1cc1n(c2=O)Cc2c-1nc1cc(F)c(C)c3c1c2[C@@H](NC(=O)CCCCCNC(=O)CNC(=O)[C@H](Cc1ccccc1)NC(=O)CNC(=O)CNC(=O)OC(C)(C)C)CC3. The summed E-state index contributed by atoms with van der Waals surface area (Å²) in [7, 11) is 0. The number of rotatable bonds is 18. The number of aliphatic hydroxyl groups is 1. The number of nitrogens with one attached hydrogen (secondary N) is 6. The number of nitrogens with zero attached hydrogens (tertiary/aromatic N) is 2. The van der Waals surface area contributed by atoms with Gasteiger partial charge in [0.05, 0.1) is 48.1 Å². The summed E-state index contributed by atoms with van der Waals surface area (Å²) in [5.74, 6) is -3.87. The van der Waals surface area contributed by atoms with Crippen molar-refractivity contribution in [2.24, 2.45) is 0 Å². The Hall–Kier alpha value is -7.22. The summed E-state index contributed by atoms with van der Waals surface area (Å²) >= 11 is 0. The van der Waals surface area contributed by atoms with E-state index in [9.17, 15) is 43.5 Å². The molecule has 0 saturated heterocycles. The van der Waals surface area contributed by atoms with Gasteiger partial charge in [-0.1, -0.05) is 43.7 Å². The molecule has 0 spiro atoms. The second-order valence-electron chi connectivity index (χ2n) is 18.8. The number of aromatic nitrogens is 2. The van der Waals surface area contributed by atoms with Crippen LogP contribution in [0.2, 0.25) is 0 Å². The fourth-order valence-corrected chi connectivity index (χ4v) is 9.15. The molecular weight excluding hydrogens is 908 g/mol. The van der Waals surface area contributed by atoms with Crippen molar-refractivity contribution in [3.63, 3.8) is 0 Å². The number of aryl methyl sites for hydroxylation is 1. The number of ether oxygens (including phenoxy) is 2. The molecule has 2 aliphatic heterocycles. The highest BCUT2D eigenvalue weighted by Gasteiger charge is 2.46. The Morgan fingerprint density at radius 2 is 1.63 bits per heavy atom. The number of esters is 1. The molecular formula is C50H59FN8O11. The molecule has 3 atom stereocenters. The van der Waals surface area contributed by atoms with Crippen LogP contribution in [0, 0.1) is 12.7 Å². The van der Waals surface area contributed by atoms with Gasteiger partial charge in [0.1, 0.15) is 30.6 Å². The number of hydrogen-bond acceptors (Lipinski definition) is 12. The van der Waals surface area contributed by atoms with Crippen LogP contribution in [0.5, 0.6) is 0 Å². The van der Waals surface area contributed by atoms with Gasteiger partial charge >= 0.3 is 12.1 Å². The highest BCUT2D eigenvalue weighted by atomic mass is 19.1. The third-order valence-corrected chi connectivity index (χ3v) is 12.7. The van der Waals surface area contributed by atoms with Crippen molar-refractivity contribution in [2.45, 2.75) is 122 Å². The largest absolute Gasteiger partial charge is 0.458 e. The van der Waals surface area contributed by atoms with Crippen LogP contribution in [0.25, 0.3) is 22.3 Å². The summed E-state index contributed by atoms with van der Waals surface area (Å²) in [4.78, 5) is 108. The molecule has 6 amide bonds. The fourth-order valence-electron chi connectivity index (χ4n) is 9.15. The Labute approximate surface area is 403 Å². The number of benzene rings is 2. The van der Waals surface area contributed by atoms with E-state index in [1.54, 1.807) is 71.0 Å². The summed E-state index contributed by atoms with van der Waals surface area (Å²) < 4.78 is 27.2. The molecule has 0 bridgehead atoms. The van der Waals surface area contributed by atoms with Gasteiger partial charge in [-0.05, 0) is 88.1 Å². The van der Waals surface area contributed by atoms with Gasteiger partial charge in [0, 0.05) is 42.0 Å². The maximum atomic E-state index is 15.3. The first-order valence-electron chi connectivity index (χ1n) is 23.5. The Kier molecular flexibility index (Phi) is 15.3. The quantitative estimate of drug-likeness (QED) is 0.0494. The normalized spacial score (nSPS) is 17.0. The first kappa shape index (κ1) is 50.7. The predicted octanol–water partition coefficient (Wildman–Crippen LogP) is 2.79. The van der Waals surface area contributed by atoms with Crippen molar-refractivity contribution in [2.75, 3.05) is 26.2 Å². The molecule has 3 aliphatic rings. The van der Waals surface area contributed by atoms with Crippen LogP contribution in [0.3, 0.4) is 0 Å². The van der Waals surface area contributed by atoms with Crippen molar-refractivity contribution in [1.29, 1.82) is 0 Å². The van der Waals surface area contributed by atoms with Crippen LogP contribution < -0.4 is 37.5 Å². The Bertz CT molecular complexity index is 2810. The van der Waals surface area contributed by atoms with E-state index in [0.717, 1.165) is 22.1 Å². The van der Waals surface area contributed by atoms with Crippen LogP contribution in [-0.4, -0.2) is 94.1 Å². The molecule has 0 saturated carbocycles. The van der Waals surface area contributed by atoms with Crippen molar-refractivity contribution in [1.82, 2.24) is 41.5 Å². The summed E-state index contributed by atoms with van der Waals surface area (Å²) in [5.41, 5.74) is 1.81. The number of carbonyl (C=O) groups is 7. The molecule has 1 aliphatic carbocycles. The first-order chi connectivity index (χ1) is 33.3. The van der Waals surface area contributed by atoms with Crippen LogP contribution in [0.15, 0.2) is 47.3 Å². The minimum Gasteiger partial charge on any atom is -0.458 e. The Balaban J connectivity index is 0.898. The molecule has 0 unspecified atom stereocenters. The number of cyclic esters (lactones) is 1. The van der Waals surface area contributed by atoms with E-state index >= 15 is 4.39 Å². The fraction of sp³-hybridized carbons (Fsp3) is 0.460. The number of halogens is 1. The lowest BCUT2D eigenvalue weighted by atomic mass is 9.81. The van der Waals surface area contributed by atoms with Gasteiger partial charge in [0.15, 0.2) is 5.60 Å². The lowest BCUT2D eigenvalue weighted by molar-refractivity contribution is -0.172. The standard InChI is InChI=1S/C50H59FN8O11/c1-6-50(68)32-20-37-44-30(25-59(37)46(65)31(32)26-69-47(50)66)43-34(17-16-29-27(2)33(51)21-35(58-44)42(29)43)56-38(60)15-11-8-12-18-52-39(61)22-54-45(64)36(19-28-13-9-7-10-14-28)57-41(63)24-53-40(62)23-55-48(67)70-49(3,4)5/h7,9-10,13-14,20-21,34,36,68H,6,8,11-12,15-19,22-26H2,1-5H3,(H,52,61)(H,53,62)(H,54,64)(H,55,67)(H,56,60)(H,57,63)/t34-,36-,50-/m0/s1. The molecule has 7 rings (SSSR count). The van der Waals surface area contributed by atoms with E-state index in [1.807, 2.05) is 0 Å². The van der Waals surface area contributed by atoms with Gasteiger partial charge in [0.2, 0.25) is 29.5 Å². The summed E-state index contributed by atoms with van der Waals surface area (Å²) in [5, 5.41) is 27.9. The highest BCUT2D eigenvalue weighted by Crippen LogP contribution is 2.46. The zero-order valence-electron chi connectivity index (χ0n) is 39.9. The molecule has 20 heteroatoms. The topological polar surface area (TPSA) is 265 Å². The smallest absolute Gasteiger partial charge is 0.408 e. The molecule has 0 radical (unpaired) electrons. The van der Waals surface area contributed by atoms with E-state index in [0.29, 0.717) is 60.1 Å². The van der Waals surface area contributed by atoms with Crippen LogP contribution in [0.4, 0.5) is 9.18 Å². The molecule has 19 nitrogen and oxygen atoms in total. The molecule has 4 heterocycles. The Morgan fingerprint density at radius 3 is 2.36 bits per heavy atom. The molecule has 7 N–H and O–H groups in total.